The quantitative estimate of drug-likeness (QED) is 0.446. The summed E-state index contributed by atoms with van der Waals surface area (Å²) in [5.41, 5.74) is 3.39. The Hall–Kier alpha value is -2.06. The summed E-state index contributed by atoms with van der Waals surface area (Å²) in [6.07, 6.45) is 1.86. The van der Waals surface area contributed by atoms with Crippen molar-refractivity contribution in [1.29, 1.82) is 0 Å². The fraction of sp³-hybridized carbons (Fsp3) is 0. The number of benzene rings is 2. The van der Waals surface area contributed by atoms with Gasteiger partial charge in [-0.1, -0.05) is 36.4 Å². The minimum atomic E-state index is 0.947. The van der Waals surface area contributed by atoms with Crippen LogP contribution in [0.25, 0.3) is 32.2 Å². The van der Waals surface area contributed by atoms with Gasteiger partial charge < -0.3 is 4.42 Å². The minimum Gasteiger partial charge on any atom is -0.464 e. The molecule has 2 heteroatoms. The third-order valence-corrected chi connectivity index (χ3v) is 4.22. The maximum absolute atomic E-state index is 5.63. The molecular formula is C16H10OS. The Kier molecular flexibility index (Phi) is 2.05. The maximum Gasteiger partial charge on any atom is 0.134 e. The summed E-state index contributed by atoms with van der Waals surface area (Å²) < 4.78 is 6.94. The van der Waals surface area contributed by atoms with Gasteiger partial charge in [0.1, 0.15) is 5.58 Å². The molecule has 0 fully saturated rings. The van der Waals surface area contributed by atoms with Crippen molar-refractivity contribution in [2.24, 2.45) is 0 Å². The number of thiophene rings is 1. The van der Waals surface area contributed by atoms with Crippen molar-refractivity contribution >= 4 is 32.4 Å². The van der Waals surface area contributed by atoms with Crippen LogP contribution in [0.1, 0.15) is 0 Å². The molecule has 0 aliphatic rings. The highest BCUT2D eigenvalue weighted by Crippen LogP contribution is 2.38. The van der Waals surface area contributed by atoms with Crippen LogP contribution in [-0.2, 0) is 0 Å². The lowest BCUT2D eigenvalue weighted by Gasteiger charge is -1.96. The van der Waals surface area contributed by atoms with E-state index in [2.05, 4.69) is 41.8 Å². The molecule has 1 nitrogen and oxygen atoms in total. The molecular weight excluding hydrogens is 240 g/mol. The van der Waals surface area contributed by atoms with Gasteiger partial charge in [0, 0.05) is 26.6 Å². The van der Waals surface area contributed by atoms with E-state index in [-0.39, 0.29) is 0 Å². The van der Waals surface area contributed by atoms with Gasteiger partial charge in [0.05, 0.1) is 6.26 Å². The van der Waals surface area contributed by atoms with E-state index in [0.29, 0.717) is 0 Å². The summed E-state index contributed by atoms with van der Waals surface area (Å²) in [5.74, 6) is 0. The zero-order valence-electron chi connectivity index (χ0n) is 9.59. The molecule has 0 N–H and O–H groups in total. The Morgan fingerprint density at radius 1 is 0.778 bits per heavy atom. The van der Waals surface area contributed by atoms with E-state index < -0.39 is 0 Å². The topological polar surface area (TPSA) is 13.1 Å². The smallest absolute Gasteiger partial charge is 0.134 e. The van der Waals surface area contributed by atoms with E-state index in [1.807, 2.05) is 18.4 Å². The second-order valence-electron chi connectivity index (χ2n) is 4.29. The van der Waals surface area contributed by atoms with Gasteiger partial charge in [0.25, 0.3) is 0 Å². The molecule has 0 saturated heterocycles. The van der Waals surface area contributed by atoms with Gasteiger partial charge in [-0.05, 0) is 17.5 Å². The van der Waals surface area contributed by atoms with Crippen molar-refractivity contribution in [2.75, 3.05) is 0 Å². The third-order valence-electron chi connectivity index (χ3n) is 3.25. The Labute approximate surface area is 108 Å². The summed E-state index contributed by atoms with van der Waals surface area (Å²) in [4.78, 5) is 0. The first-order valence-electron chi connectivity index (χ1n) is 5.86. The van der Waals surface area contributed by atoms with Gasteiger partial charge in [-0.15, -0.1) is 11.3 Å². The van der Waals surface area contributed by atoms with Gasteiger partial charge in [-0.2, -0.15) is 0 Å². The van der Waals surface area contributed by atoms with Gasteiger partial charge in [-0.25, -0.2) is 0 Å². The van der Waals surface area contributed by atoms with Crippen molar-refractivity contribution in [2.45, 2.75) is 0 Å². The number of rotatable bonds is 1. The number of hydrogen-bond acceptors (Lipinski definition) is 2. The first kappa shape index (κ1) is 9.92. The zero-order valence-corrected chi connectivity index (χ0v) is 10.4. The lowest BCUT2D eigenvalue weighted by molar-refractivity contribution is 0.617. The molecule has 0 aliphatic heterocycles. The minimum absolute atomic E-state index is 0.947. The van der Waals surface area contributed by atoms with E-state index in [0.717, 1.165) is 5.58 Å². The third kappa shape index (κ3) is 1.33. The molecule has 0 unspecified atom stereocenters. The van der Waals surface area contributed by atoms with Crippen molar-refractivity contribution < 1.29 is 4.42 Å². The number of furan rings is 1. The SMILES string of the molecule is c1ccc2c(-c3csc4ccccc34)coc2c1. The summed E-state index contributed by atoms with van der Waals surface area (Å²) in [5, 5.41) is 4.69. The van der Waals surface area contributed by atoms with Crippen LogP contribution in [0.4, 0.5) is 0 Å². The van der Waals surface area contributed by atoms with Crippen LogP contribution >= 0.6 is 11.3 Å². The summed E-state index contributed by atoms with van der Waals surface area (Å²) in [7, 11) is 0. The highest BCUT2D eigenvalue weighted by molar-refractivity contribution is 7.17. The molecule has 4 aromatic rings. The number of fused-ring (bicyclic) bond motifs is 2. The molecule has 0 aliphatic carbocycles. The van der Waals surface area contributed by atoms with Crippen LogP contribution in [0.15, 0.2) is 64.6 Å². The van der Waals surface area contributed by atoms with Crippen LogP contribution < -0.4 is 0 Å². The van der Waals surface area contributed by atoms with Crippen LogP contribution in [-0.4, -0.2) is 0 Å². The Morgan fingerprint density at radius 3 is 2.50 bits per heavy atom. The molecule has 0 bridgehead atoms. The van der Waals surface area contributed by atoms with Gasteiger partial charge in [0.15, 0.2) is 0 Å². The highest BCUT2D eigenvalue weighted by Gasteiger charge is 2.11. The molecule has 0 amide bonds. The Bertz CT molecular complexity index is 766. The average molecular weight is 250 g/mol. The molecule has 0 saturated carbocycles. The largest absolute Gasteiger partial charge is 0.464 e. The van der Waals surface area contributed by atoms with E-state index in [4.69, 9.17) is 4.42 Å². The molecule has 0 atom stereocenters. The molecule has 2 aromatic heterocycles. The lowest BCUT2D eigenvalue weighted by atomic mass is 10.0. The summed E-state index contributed by atoms with van der Waals surface area (Å²) >= 11 is 1.78. The van der Waals surface area contributed by atoms with Gasteiger partial charge in [-0.3, -0.25) is 0 Å². The molecule has 2 aromatic carbocycles. The Morgan fingerprint density at radius 2 is 1.56 bits per heavy atom. The van der Waals surface area contributed by atoms with E-state index in [1.54, 1.807) is 11.3 Å². The van der Waals surface area contributed by atoms with Crippen LogP contribution in [0.5, 0.6) is 0 Å². The van der Waals surface area contributed by atoms with Crippen molar-refractivity contribution in [3.05, 3.63) is 60.2 Å². The fourth-order valence-electron chi connectivity index (χ4n) is 2.37. The first-order valence-corrected chi connectivity index (χ1v) is 6.74. The van der Waals surface area contributed by atoms with E-state index in [1.165, 1.54) is 26.6 Å². The monoisotopic (exact) mass is 250 g/mol. The second kappa shape index (κ2) is 3.72. The first-order chi connectivity index (χ1) is 8.93. The normalized spacial score (nSPS) is 11.3. The fourth-order valence-corrected chi connectivity index (χ4v) is 3.33. The average Bonchev–Trinajstić information content (AvgIpc) is 3.01. The standard InChI is InChI=1S/C16H10OS/c1-3-7-15-11(5-1)13(9-17-15)14-10-18-16-8-4-2-6-12(14)16/h1-10H. The van der Waals surface area contributed by atoms with E-state index in [9.17, 15) is 0 Å². The molecule has 4 rings (SSSR count). The Balaban J connectivity index is 2.08. The van der Waals surface area contributed by atoms with Crippen molar-refractivity contribution in [3.63, 3.8) is 0 Å². The second-order valence-corrected chi connectivity index (χ2v) is 5.20. The zero-order chi connectivity index (χ0) is 11.9. The van der Waals surface area contributed by atoms with Gasteiger partial charge >= 0.3 is 0 Å². The summed E-state index contributed by atoms with van der Waals surface area (Å²) in [6.45, 7) is 0. The van der Waals surface area contributed by atoms with E-state index >= 15 is 0 Å². The maximum atomic E-state index is 5.63. The molecule has 86 valence electrons. The molecule has 0 radical (unpaired) electrons. The predicted molar refractivity (Wildman–Crippen MR) is 77.0 cm³/mol. The molecule has 2 heterocycles. The molecule has 0 spiro atoms. The summed E-state index contributed by atoms with van der Waals surface area (Å²) in [6, 6.07) is 16.7. The number of para-hydroxylation sites is 1. The van der Waals surface area contributed by atoms with Crippen molar-refractivity contribution in [3.8, 4) is 11.1 Å². The van der Waals surface area contributed by atoms with Crippen LogP contribution in [0.2, 0.25) is 0 Å². The van der Waals surface area contributed by atoms with Crippen LogP contribution in [0, 0.1) is 0 Å². The predicted octanol–water partition coefficient (Wildman–Crippen LogP) is 5.31. The highest BCUT2D eigenvalue weighted by atomic mass is 32.1. The van der Waals surface area contributed by atoms with Gasteiger partial charge in [0.2, 0.25) is 0 Å². The lowest BCUT2D eigenvalue weighted by Crippen LogP contribution is -1.72. The number of hydrogen-bond donors (Lipinski definition) is 0. The van der Waals surface area contributed by atoms with Crippen LogP contribution in [0.3, 0.4) is 0 Å². The van der Waals surface area contributed by atoms with Crippen molar-refractivity contribution in [1.82, 2.24) is 0 Å². The molecule has 18 heavy (non-hydrogen) atoms.